The van der Waals surface area contributed by atoms with E-state index in [0.717, 1.165) is 36.8 Å². The Morgan fingerprint density at radius 3 is 2.76 bits per heavy atom. The zero-order valence-corrected chi connectivity index (χ0v) is 11.6. The standard InChI is InChI=1S/C17H16N2O2/c18-16(20)14-10-6-2-1-5-9(10)13-11-7-3-4-8-12(11)17(21)19-15(13)14/h3-4,7-8,13H,1-2,5-6H2,(H2,18,20)(H,19,21)/t13-/m0/s1. The van der Waals surface area contributed by atoms with Crippen molar-refractivity contribution in [1.82, 2.24) is 5.32 Å². The lowest BCUT2D eigenvalue weighted by Gasteiger charge is -2.28. The van der Waals surface area contributed by atoms with Gasteiger partial charge in [-0.3, -0.25) is 9.59 Å². The molecule has 0 spiro atoms. The van der Waals surface area contributed by atoms with Crippen molar-refractivity contribution < 1.29 is 9.59 Å². The van der Waals surface area contributed by atoms with E-state index in [-0.39, 0.29) is 11.8 Å². The molecule has 21 heavy (non-hydrogen) atoms. The van der Waals surface area contributed by atoms with E-state index >= 15 is 0 Å². The SMILES string of the molecule is NC(=O)C1=C2NC(=O)c3ccccc3[C@@H]2C2=C1CCCC2. The molecule has 3 aliphatic rings. The molecule has 1 aromatic carbocycles. The quantitative estimate of drug-likeness (QED) is 0.827. The number of amides is 2. The van der Waals surface area contributed by atoms with E-state index < -0.39 is 5.91 Å². The maximum absolute atomic E-state index is 12.3. The summed E-state index contributed by atoms with van der Waals surface area (Å²) in [4.78, 5) is 24.2. The summed E-state index contributed by atoms with van der Waals surface area (Å²) in [6, 6.07) is 7.64. The summed E-state index contributed by atoms with van der Waals surface area (Å²) >= 11 is 0. The van der Waals surface area contributed by atoms with Crippen LogP contribution >= 0.6 is 0 Å². The summed E-state index contributed by atoms with van der Waals surface area (Å²) in [6.07, 6.45) is 4.06. The fraction of sp³-hybridized carbons (Fsp3) is 0.294. The van der Waals surface area contributed by atoms with E-state index in [1.165, 1.54) is 5.57 Å². The summed E-state index contributed by atoms with van der Waals surface area (Å²) in [5, 5.41) is 2.92. The second-order valence-electron chi connectivity index (χ2n) is 5.84. The van der Waals surface area contributed by atoms with Gasteiger partial charge in [0.25, 0.3) is 11.8 Å². The van der Waals surface area contributed by atoms with Gasteiger partial charge in [0.1, 0.15) is 0 Å². The topological polar surface area (TPSA) is 72.2 Å². The number of fused-ring (bicyclic) bond motifs is 4. The van der Waals surface area contributed by atoms with Gasteiger partial charge in [-0.25, -0.2) is 0 Å². The summed E-state index contributed by atoms with van der Waals surface area (Å²) < 4.78 is 0. The summed E-state index contributed by atoms with van der Waals surface area (Å²) in [7, 11) is 0. The number of rotatable bonds is 1. The molecule has 1 aliphatic heterocycles. The molecule has 1 atom stereocenters. The van der Waals surface area contributed by atoms with Gasteiger partial charge in [0.2, 0.25) is 0 Å². The number of benzene rings is 1. The first-order chi connectivity index (χ1) is 10.2. The molecule has 3 N–H and O–H groups in total. The second-order valence-corrected chi connectivity index (χ2v) is 5.84. The Balaban J connectivity index is 1.99. The van der Waals surface area contributed by atoms with Crippen LogP contribution in [0.15, 0.2) is 46.7 Å². The number of nitrogens with one attached hydrogen (secondary N) is 1. The first-order valence-corrected chi connectivity index (χ1v) is 7.35. The summed E-state index contributed by atoms with van der Waals surface area (Å²) in [5.74, 6) is -0.561. The number of hydrogen-bond acceptors (Lipinski definition) is 2. The van der Waals surface area contributed by atoms with Gasteiger partial charge in [0.05, 0.1) is 5.57 Å². The fourth-order valence-corrected chi connectivity index (χ4v) is 3.92. The number of hydrogen-bond donors (Lipinski definition) is 2. The Hall–Kier alpha value is -2.36. The van der Waals surface area contributed by atoms with Gasteiger partial charge in [-0.1, -0.05) is 23.8 Å². The molecule has 0 fully saturated rings. The lowest BCUT2D eigenvalue weighted by Crippen LogP contribution is -2.34. The highest BCUT2D eigenvalue weighted by molar-refractivity contribution is 6.05. The Labute approximate surface area is 122 Å². The Kier molecular flexibility index (Phi) is 2.55. The van der Waals surface area contributed by atoms with Crippen LogP contribution in [0.4, 0.5) is 0 Å². The predicted molar refractivity (Wildman–Crippen MR) is 78.4 cm³/mol. The van der Waals surface area contributed by atoms with E-state index in [4.69, 9.17) is 5.73 Å². The molecule has 2 amide bonds. The first kappa shape index (κ1) is 12.4. The van der Waals surface area contributed by atoms with Crippen LogP contribution in [-0.4, -0.2) is 11.8 Å². The third kappa shape index (κ3) is 1.62. The lowest BCUT2D eigenvalue weighted by atomic mass is 9.80. The first-order valence-electron chi connectivity index (χ1n) is 7.35. The summed E-state index contributed by atoms with van der Waals surface area (Å²) in [5.41, 5.74) is 10.9. The highest BCUT2D eigenvalue weighted by Gasteiger charge is 2.42. The smallest absolute Gasteiger partial charge is 0.255 e. The molecule has 4 nitrogen and oxygen atoms in total. The maximum Gasteiger partial charge on any atom is 0.255 e. The van der Waals surface area contributed by atoms with Gasteiger partial charge in [0, 0.05) is 17.2 Å². The van der Waals surface area contributed by atoms with Crippen molar-refractivity contribution in [2.45, 2.75) is 31.6 Å². The van der Waals surface area contributed by atoms with Crippen molar-refractivity contribution in [3.05, 3.63) is 57.8 Å². The van der Waals surface area contributed by atoms with Crippen LogP contribution in [0.3, 0.4) is 0 Å². The molecule has 0 saturated heterocycles. The van der Waals surface area contributed by atoms with Crippen LogP contribution < -0.4 is 11.1 Å². The normalized spacial score (nSPS) is 23.4. The molecule has 0 saturated carbocycles. The number of primary amides is 1. The van der Waals surface area contributed by atoms with Crippen LogP contribution in [0.25, 0.3) is 0 Å². The van der Waals surface area contributed by atoms with Crippen molar-refractivity contribution in [2.24, 2.45) is 5.73 Å². The third-order valence-corrected chi connectivity index (χ3v) is 4.73. The minimum atomic E-state index is -0.429. The molecule has 0 unspecified atom stereocenters. The molecule has 2 aliphatic carbocycles. The molecule has 1 aromatic rings. The zero-order chi connectivity index (χ0) is 14.6. The fourth-order valence-electron chi connectivity index (χ4n) is 3.92. The lowest BCUT2D eigenvalue weighted by molar-refractivity contribution is -0.114. The number of allylic oxidation sites excluding steroid dienone is 1. The second kappa shape index (κ2) is 4.32. The van der Waals surface area contributed by atoms with E-state index in [1.54, 1.807) is 0 Å². The Bertz CT molecular complexity index is 743. The van der Waals surface area contributed by atoms with E-state index in [2.05, 4.69) is 5.32 Å². The van der Waals surface area contributed by atoms with Crippen LogP contribution in [0, 0.1) is 0 Å². The molecule has 0 aromatic heterocycles. The molecule has 106 valence electrons. The minimum absolute atomic E-state index is 0.0108. The van der Waals surface area contributed by atoms with Crippen molar-refractivity contribution in [3.63, 3.8) is 0 Å². The average molecular weight is 280 g/mol. The van der Waals surface area contributed by atoms with Crippen molar-refractivity contribution in [3.8, 4) is 0 Å². The van der Waals surface area contributed by atoms with Gasteiger partial charge >= 0.3 is 0 Å². The van der Waals surface area contributed by atoms with Crippen LogP contribution in [0.1, 0.15) is 47.5 Å². The van der Waals surface area contributed by atoms with Crippen molar-refractivity contribution in [1.29, 1.82) is 0 Å². The molecule has 1 heterocycles. The van der Waals surface area contributed by atoms with Crippen LogP contribution in [0.5, 0.6) is 0 Å². The maximum atomic E-state index is 12.3. The molecule has 4 heteroatoms. The predicted octanol–water partition coefficient (Wildman–Crippen LogP) is 2.14. The zero-order valence-electron chi connectivity index (χ0n) is 11.6. The van der Waals surface area contributed by atoms with Crippen molar-refractivity contribution >= 4 is 11.8 Å². The van der Waals surface area contributed by atoms with Crippen LogP contribution in [0.2, 0.25) is 0 Å². The minimum Gasteiger partial charge on any atom is -0.366 e. The van der Waals surface area contributed by atoms with Gasteiger partial charge in [-0.2, -0.15) is 0 Å². The largest absolute Gasteiger partial charge is 0.366 e. The average Bonchev–Trinajstić information content (AvgIpc) is 2.81. The highest BCUT2D eigenvalue weighted by atomic mass is 16.2. The molecular formula is C17H16N2O2. The van der Waals surface area contributed by atoms with E-state index in [1.807, 2.05) is 24.3 Å². The molecule has 0 radical (unpaired) electrons. The van der Waals surface area contributed by atoms with Crippen LogP contribution in [-0.2, 0) is 4.79 Å². The van der Waals surface area contributed by atoms with Crippen molar-refractivity contribution in [2.75, 3.05) is 0 Å². The Morgan fingerprint density at radius 2 is 1.95 bits per heavy atom. The van der Waals surface area contributed by atoms with Gasteiger partial charge in [-0.15, -0.1) is 0 Å². The summed E-state index contributed by atoms with van der Waals surface area (Å²) in [6.45, 7) is 0. The van der Waals surface area contributed by atoms with Gasteiger partial charge in [-0.05, 0) is 42.9 Å². The number of nitrogens with two attached hydrogens (primary N) is 1. The monoisotopic (exact) mass is 280 g/mol. The molecule has 0 bridgehead atoms. The highest BCUT2D eigenvalue weighted by Crippen LogP contribution is 2.50. The molecule has 4 rings (SSSR count). The Morgan fingerprint density at radius 1 is 1.19 bits per heavy atom. The van der Waals surface area contributed by atoms with Gasteiger partial charge < -0.3 is 11.1 Å². The number of carbonyl (C=O) groups excluding carboxylic acids is 2. The third-order valence-electron chi connectivity index (χ3n) is 4.73. The number of carbonyl (C=O) groups is 2. The van der Waals surface area contributed by atoms with E-state index in [9.17, 15) is 9.59 Å². The van der Waals surface area contributed by atoms with E-state index in [0.29, 0.717) is 16.8 Å². The molecular weight excluding hydrogens is 264 g/mol. The van der Waals surface area contributed by atoms with Gasteiger partial charge in [0.15, 0.2) is 0 Å².